The number of anilines is 2. The van der Waals surface area contributed by atoms with Gasteiger partial charge in [0.25, 0.3) is 0 Å². The molecule has 2 N–H and O–H groups in total. The zero-order valence-corrected chi connectivity index (χ0v) is 37.7. The summed E-state index contributed by atoms with van der Waals surface area (Å²) in [5.74, 6) is -1.11. The van der Waals surface area contributed by atoms with Gasteiger partial charge in [-0.15, -0.1) is 0 Å². The van der Waals surface area contributed by atoms with Crippen LogP contribution >= 0.6 is 11.3 Å². The number of aromatic carboxylic acids is 1. The van der Waals surface area contributed by atoms with E-state index in [2.05, 4.69) is 39.9 Å². The molecule has 4 fully saturated rings. The Kier molecular flexibility index (Phi) is 10.3. The number of rotatable bonds is 10. The quantitative estimate of drug-likeness (QED) is 0.140. The highest BCUT2D eigenvalue weighted by Gasteiger charge is 2.66. The van der Waals surface area contributed by atoms with E-state index in [1.165, 1.54) is 17.5 Å². The summed E-state index contributed by atoms with van der Waals surface area (Å²) in [6.07, 6.45) is 8.81. The van der Waals surface area contributed by atoms with Gasteiger partial charge in [0.1, 0.15) is 11.3 Å². The normalized spacial score (nSPS) is 25.2. The molecule has 0 spiro atoms. The first kappa shape index (κ1) is 42.0. The molecule has 326 valence electrons. The molecule has 4 heterocycles. The third-order valence-electron chi connectivity index (χ3n) is 13.4. The maximum absolute atomic E-state index is 14.0. The molecule has 2 atom stereocenters. The van der Waals surface area contributed by atoms with Crippen LogP contribution in [0.25, 0.3) is 32.6 Å². The van der Waals surface area contributed by atoms with Crippen molar-refractivity contribution in [2.24, 2.45) is 16.2 Å². The number of nitrogens with zero attached hydrogens (tertiary/aromatic N) is 6. The number of carbonyl (C=O) groups excluding carboxylic acids is 2. The van der Waals surface area contributed by atoms with Crippen molar-refractivity contribution in [2.75, 3.05) is 37.0 Å². The number of urea groups is 1. The number of aryl methyl sites for hydroxylation is 1. The SMILES string of the molecule is Cc1c(-c2cccnc2C(=O)O)c(-c2ccc3c(c2)N(C(=O)Nc2nc4ccccc4s2)CCC3)nn1CC12CC3(C)CC(C)(C1)CC(OCCN(C)C(=O)OC(C)(C)C)(C3)C2. The van der Waals surface area contributed by atoms with Crippen LogP contribution in [0.5, 0.6) is 0 Å². The standard InChI is InChI=1S/C48H57N7O6S/c1-30-37(33-13-10-18-49-39(33)40(56)57)38(32-17-16-31-12-11-19-54(35(31)22-32)42(58)51-41-50-34-14-8-9-15-36(34)62-41)52-55(30)29-47-24-45(5)23-46(6,25-47)27-48(26-45,28-47)60-21-20-53(7)43(59)61-44(2,3)4/h8-10,13-18,22H,11-12,19-21,23-29H2,1-7H3,(H,56,57)(H,50,51,58). The number of para-hydroxylation sites is 1. The maximum Gasteiger partial charge on any atom is 0.410 e. The third-order valence-corrected chi connectivity index (χ3v) is 14.3. The average molecular weight is 860 g/mol. The molecule has 0 radical (unpaired) electrons. The highest BCUT2D eigenvalue weighted by Crippen LogP contribution is 2.72. The molecule has 1 aliphatic heterocycles. The van der Waals surface area contributed by atoms with E-state index in [4.69, 9.17) is 14.6 Å². The lowest BCUT2D eigenvalue weighted by molar-refractivity contribution is -0.248. The number of likely N-dealkylation sites (N-methyl/N-ethyl adjacent to an activating group) is 1. The van der Waals surface area contributed by atoms with Gasteiger partial charge < -0.3 is 19.5 Å². The molecule has 62 heavy (non-hydrogen) atoms. The van der Waals surface area contributed by atoms with Gasteiger partial charge in [0, 0.05) is 61.0 Å². The van der Waals surface area contributed by atoms with E-state index in [0.717, 1.165) is 89.7 Å². The van der Waals surface area contributed by atoms with Gasteiger partial charge in [0.05, 0.1) is 22.4 Å². The molecule has 5 aromatic rings. The van der Waals surface area contributed by atoms with Crippen molar-refractivity contribution in [3.8, 4) is 22.4 Å². The van der Waals surface area contributed by atoms with Gasteiger partial charge in [0.15, 0.2) is 10.8 Å². The summed E-state index contributed by atoms with van der Waals surface area (Å²) in [5, 5.41) is 19.4. The molecule has 2 unspecified atom stereocenters. The third kappa shape index (κ3) is 7.95. The van der Waals surface area contributed by atoms with Crippen LogP contribution in [0.4, 0.5) is 20.4 Å². The van der Waals surface area contributed by atoms with Gasteiger partial charge in [-0.3, -0.25) is 14.9 Å². The van der Waals surface area contributed by atoms with E-state index in [1.807, 2.05) is 70.2 Å². The number of carboxylic acid groups (broad SMARTS) is 1. The van der Waals surface area contributed by atoms with Crippen molar-refractivity contribution in [2.45, 2.75) is 111 Å². The first-order chi connectivity index (χ1) is 29.3. The second kappa shape index (κ2) is 15.2. The van der Waals surface area contributed by atoms with Crippen LogP contribution < -0.4 is 10.2 Å². The monoisotopic (exact) mass is 859 g/mol. The number of carbonyl (C=O) groups is 3. The number of ether oxygens (including phenoxy) is 2. The number of fused-ring (bicyclic) bond motifs is 2. The van der Waals surface area contributed by atoms with Crippen LogP contribution in [-0.2, 0) is 22.4 Å². The molecular formula is C48H57N7O6S. The lowest BCUT2D eigenvalue weighted by atomic mass is 9.39. The summed E-state index contributed by atoms with van der Waals surface area (Å²) in [5.41, 5.74) is 5.27. The van der Waals surface area contributed by atoms with Crippen molar-refractivity contribution in [1.29, 1.82) is 0 Å². The molecule has 10 rings (SSSR count). The summed E-state index contributed by atoms with van der Waals surface area (Å²) in [6.45, 7) is 14.5. The topological polar surface area (TPSA) is 152 Å². The lowest BCUT2D eigenvalue weighted by Crippen LogP contribution is -2.64. The highest BCUT2D eigenvalue weighted by molar-refractivity contribution is 7.22. The van der Waals surface area contributed by atoms with Crippen molar-refractivity contribution < 1.29 is 29.0 Å². The second-order valence-corrected chi connectivity index (χ2v) is 21.3. The van der Waals surface area contributed by atoms with E-state index in [0.29, 0.717) is 42.6 Å². The molecular weight excluding hydrogens is 803 g/mol. The lowest BCUT2D eigenvalue weighted by Gasteiger charge is -2.69. The number of benzene rings is 2. The number of aromatic nitrogens is 4. The summed E-state index contributed by atoms with van der Waals surface area (Å²) >= 11 is 1.44. The van der Waals surface area contributed by atoms with Crippen LogP contribution in [0, 0.1) is 23.2 Å². The molecule has 5 aliphatic rings. The molecule has 14 heteroatoms. The molecule has 3 amide bonds. The molecule has 0 saturated heterocycles. The molecule has 4 saturated carbocycles. The van der Waals surface area contributed by atoms with Crippen LogP contribution in [0.1, 0.15) is 101 Å². The first-order valence-corrected chi connectivity index (χ1v) is 22.6. The van der Waals surface area contributed by atoms with E-state index < -0.39 is 11.6 Å². The molecule has 4 bridgehead atoms. The minimum Gasteiger partial charge on any atom is -0.476 e. The fourth-order valence-electron chi connectivity index (χ4n) is 12.3. The summed E-state index contributed by atoms with van der Waals surface area (Å²) < 4.78 is 15.7. The molecule has 2 aromatic carbocycles. The largest absolute Gasteiger partial charge is 0.476 e. The minimum atomic E-state index is -1.11. The Morgan fingerprint density at radius 1 is 0.984 bits per heavy atom. The van der Waals surface area contributed by atoms with Gasteiger partial charge in [-0.1, -0.05) is 55.5 Å². The summed E-state index contributed by atoms with van der Waals surface area (Å²) in [4.78, 5) is 51.8. The van der Waals surface area contributed by atoms with Gasteiger partial charge >= 0.3 is 18.1 Å². The van der Waals surface area contributed by atoms with Gasteiger partial charge in [-0.25, -0.2) is 24.4 Å². The van der Waals surface area contributed by atoms with Gasteiger partial charge in [-0.05, 0) is 125 Å². The highest BCUT2D eigenvalue weighted by atomic mass is 32.1. The van der Waals surface area contributed by atoms with E-state index in [1.54, 1.807) is 22.9 Å². The van der Waals surface area contributed by atoms with Crippen LogP contribution in [0.3, 0.4) is 0 Å². The van der Waals surface area contributed by atoms with Crippen molar-refractivity contribution >= 4 is 50.5 Å². The zero-order valence-electron chi connectivity index (χ0n) is 36.8. The number of hydrogen-bond acceptors (Lipinski definition) is 9. The Morgan fingerprint density at radius 2 is 1.74 bits per heavy atom. The van der Waals surface area contributed by atoms with Crippen LogP contribution in [-0.4, -0.2) is 85.8 Å². The minimum absolute atomic E-state index is 0.0373. The zero-order chi connectivity index (χ0) is 43.8. The number of nitrogens with one attached hydrogen (secondary N) is 1. The number of amides is 3. The molecule has 3 aromatic heterocycles. The summed E-state index contributed by atoms with van der Waals surface area (Å²) in [7, 11) is 1.76. The Bertz CT molecular complexity index is 2540. The smallest absolute Gasteiger partial charge is 0.410 e. The van der Waals surface area contributed by atoms with Crippen molar-refractivity contribution in [1.82, 2.24) is 24.6 Å². The van der Waals surface area contributed by atoms with E-state index in [-0.39, 0.29) is 39.7 Å². The second-order valence-electron chi connectivity index (χ2n) is 20.3. The number of carboxylic acids is 1. The predicted molar refractivity (Wildman–Crippen MR) is 241 cm³/mol. The van der Waals surface area contributed by atoms with Gasteiger partial charge in [0.2, 0.25) is 0 Å². The molecule has 4 aliphatic carbocycles. The Labute approximate surface area is 366 Å². The van der Waals surface area contributed by atoms with E-state index in [9.17, 15) is 19.5 Å². The predicted octanol–water partition coefficient (Wildman–Crippen LogP) is 10.2. The Morgan fingerprint density at radius 3 is 2.47 bits per heavy atom. The first-order valence-electron chi connectivity index (χ1n) is 21.8. The van der Waals surface area contributed by atoms with E-state index >= 15 is 0 Å². The van der Waals surface area contributed by atoms with Gasteiger partial charge in [-0.2, -0.15) is 5.10 Å². The summed E-state index contributed by atoms with van der Waals surface area (Å²) in [6, 6.07) is 17.3. The number of thiazole rings is 1. The van der Waals surface area contributed by atoms with Crippen molar-refractivity contribution in [3.05, 3.63) is 77.7 Å². The van der Waals surface area contributed by atoms with Crippen molar-refractivity contribution in [3.63, 3.8) is 0 Å². The average Bonchev–Trinajstić information content (AvgIpc) is 3.74. The maximum atomic E-state index is 14.0. The number of pyridine rings is 1. The Hall–Kier alpha value is -5.34. The fourth-order valence-corrected chi connectivity index (χ4v) is 13.2. The van der Waals surface area contributed by atoms with Crippen LogP contribution in [0.15, 0.2) is 60.8 Å². The molecule has 13 nitrogen and oxygen atoms in total. The van der Waals surface area contributed by atoms with Crippen LogP contribution in [0.2, 0.25) is 0 Å². The number of hydrogen-bond donors (Lipinski definition) is 2. The Balaban J connectivity index is 1.06. The fraction of sp³-hybridized carbons (Fsp3) is 0.500.